The molecule has 1 fully saturated rings. The van der Waals surface area contributed by atoms with Gasteiger partial charge in [-0.15, -0.1) is 0 Å². The largest absolute Gasteiger partial charge is 0.383 e. The van der Waals surface area contributed by atoms with Crippen molar-refractivity contribution in [1.29, 1.82) is 5.26 Å². The Morgan fingerprint density at radius 2 is 2.31 bits per heavy atom. The van der Waals surface area contributed by atoms with E-state index in [1.54, 1.807) is 6.07 Å². The van der Waals surface area contributed by atoms with Crippen LogP contribution in [0.3, 0.4) is 0 Å². The summed E-state index contributed by atoms with van der Waals surface area (Å²) in [6, 6.07) is 3.75. The van der Waals surface area contributed by atoms with Crippen LogP contribution in [-0.4, -0.2) is 4.98 Å². The topological polar surface area (TPSA) is 62.7 Å². The second-order valence-corrected chi connectivity index (χ2v) is 3.55. The fourth-order valence-electron chi connectivity index (χ4n) is 1.29. The standard InChI is InChI=1S/C9H8ClN3/c10-8-7(5-1-2-5)3-6(4-11)9(12)13-8/h3,5H,1-2H2,(H2,12,13). The summed E-state index contributed by atoms with van der Waals surface area (Å²) in [5.41, 5.74) is 6.89. The van der Waals surface area contributed by atoms with Gasteiger partial charge in [0.15, 0.2) is 0 Å². The first-order valence-corrected chi connectivity index (χ1v) is 4.46. The molecule has 0 unspecified atom stereocenters. The quantitative estimate of drug-likeness (QED) is 0.695. The number of anilines is 1. The molecule has 4 heteroatoms. The molecule has 0 aromatic carbocycles. The predicted octanol–water partition coefficient (Wildman–Crippen LogP) is 2.07. The van der Waals surface area contributed by atoms with Crippen molar-refractivity contribution in [3.8, 4) is 6.07 Å². The summed E-state index contributed by atoms with van der Waals surface area (Å²) in [6.07, 6.45) is 2.27. The number of nitrogens with zero attached hydrogens (tertiary/aromatic N) is 2. The van der Waals surface area contributed by atoms with Crippen LogP contribution in [0.2, 0.25) is 5.15 Å². The molecular formula is C9H8ClN3. The molecule has 13 heavy (non-hydrogen) atoms. The van der Waals surface area contributed by atoms with E-state index in [4.69, 9.17) is 22.6 Å². The van der Waals surface area contributed by atoms with Gasteiger partial charge in [0.25, 0.3) is 0 Å². The van der Waals surface area contributed by atoms with Crippen LogP contribution in [0, 0.1) is 11.3 Å². The van der Waals surface area contributed by atoms with Crippen LogP contribution in [-0.2, 0) is 0 Å². The zero-order valence-electron chi connectivity index (χ0n) is 6.92. The third kappa shape index (κ3) is 1.45. The van der Waals surface area contributed by atoms with Gasteiger partial charge in [-0.25, -0.2) is 4.98 Å². The lowest BCUT2D eigenvalue weighted by Crippen LogP contribution is -1.97. The van der Waals surface area contributed by atoms with Crippen molar-refractivity contribution in [2.45, 2.75) is 18.8 Å². The Morgan fingerprint density at radius 3 is 2.85 bits per heavy atom. The summed E-state index contributed by atoms with van der Waals surface area (Å²) >= 11 is 5.89. The highest BCUT2D eigenvalue weighted by Crippen LogP contribution is 2.43. The van der Waals surface area contributed by atoms with Gasteiger partial charge in [-0.1, -0.05) is 11.6 Å². The summed E-state index contributed by atoms with van der Waals surface area (Å²) < 4.78 is 0. The Bertz CT molecular complexity index is 391. The van der Waals surface area contributed by atoms with Crippen molar-refractivity contribution in [2.24, 2.45) is 0 Å². The van der Waals surface area contributed by atoms with Gasteiger partial charge in [0, 0.05) is 0 Å². The zero-order valence-corrected chi connectivity index (χ0v) is 7.67. The lowest BCUT2D eigenvalue weighted by Gasteiger charge is -2.03. The minimum atomic E-state index is 0.219. The van der Waals surface area contributed by atoms with E-state index >= 15 is 0 Å². The maximum Gasteiger partial charge on any atom is 0.143 e. The number of halogens is 1. The first kappa shape index (κ1) is 8.33. The molecule has 2 N–H and O–H groups in total. The maximum atomic E-state index is 8.72. The molecular weight excluding hydrogens is 186 g/mol. The first-order valence-electron chi connectivity index (χ1n) is 4.08. The molecule has 1 aromatic heterocycles. The second kappa shape index (κ2) is 2.90. The fraction of sp³-hybridized carbons (Fsp3) is 0.333. The molecule has 0 radical (unpaired) electrons. The number of nitriles is 1. The molecule has 0 saturated heterocycles. The van der Waals surface area contributed by atoms with Crippen LogP contribution in [0.25, 0.3) is 0 Å². The van der Waals surface area contributed by atoms with Gasteiger partial charge >= 0.3 is 0 Å². The van der Waals surface area contributed by atoms with Crippen LogP contribution >= 0.6 is 11.6 Å². The number of hydrogen-bond acceptors (Lipinski definition) is 3. The molecule has 0 spiro atoms. The summed E-state index contributed by atoms with van der Waals surface area (Å²) in [5, 5.41) is 9.17. The molecule has 3 nitrogen and oxygen atoms in total. The molecule has 1 aromatic rings. The van der Waals surface area contributed by atoms with Gasteiger partial charge in [0.1, 0.15) is 17.0 Å². The van der Waals surface area contributed by atoms with Crippen molar-refractivity contribution in [3.63, 3.8) is 0 Å². The van der Waals surface area contributed by atoms with Crippen LogP contribution < -0.4 is 5.73 Å². The smallest absolute Gasteiger partial charge is 0.143 e. The van der Waals surface area contributed by atoms with Crippen molar-refractivity contribution in [2.75, 3.05) is 5.73 Å². The van der Waals surface area contributed by atoms with E-state index in [0.29, 0.717) is 16.6 Å². The summed E-state index contributed by atoms with van der Waals surface area (Å²) in [4.78, 5) is 3.93. The molecule has 0 atom stereocenters. The zero-order chi connectivity index (χ0) is 9.42. The molecule has 2 rings (SSSR count). The van der Waals surface area contributed by atoms with Gasteiger partial charge in [0.05, 0.1) is 5.56 Å². The molecule has 1 aliphatic carbocycles. The highest BCUT2D eigenvalue weighted by atomic mass is 35.5. The Morgan fingerprint density at radius 1 is 1.62 bits per heavy atom. The monoisotopic (exact) mass is 193 g/mol. The van der Waals surface area contributed by atoms with Gasteiger partial charge in [0.2, 0.25) is 0 Å². The maximum absolute atomic E-state index is 8.72. The normalized spacial score (nSPS) is 15.4. The predicted molar refractivity (Wildman–Crippen MR) is 50.3 cm³/mol. The van der Waals surface area contributed by atoms with E-state index in [0.717, 1.165) is 18.4 Å². The van der Waals surface area contributed by atoms with E-state index in [2.05, 4.69) is 4.98 Å². The highest BCUT2D eigenvalue weighted by molar-refractivity contribution is 6.30. The number of nitrogens with two attached hydrogens (primary N) is 1. The van der Waals surface area contributed by atoms with Crippen molar-refractivity contribution < 1.29 is 0 Å². The van der Waals surface area contributed by atoms with E-state index in [-0.39, 0.29) is 5.82 Å². The van der Waals surface area contributed by atoms with E-state index in [9.17, 15) is 0 Å². The minimum Gasteiger partial charge on any atom is -0.383 e. The van der Waals surface area contributed by atoms with Crippen molar-refractivity contribution in [1.82, 2.24) is 4.98 Å². The molecule has 1 aliphatic rings. The number of nitrogen functional groups attached to an aromatic ring is 1. The molecule has 1 saturated carbocycles. The molecule has 1 heterocycles. The number of hydrogen-bond donors (Lipinski definition) is 1. The number of rotatable bonds is 1. The highest BCUT2D eigenvalue weighted by Gasteiger charge is 2.27. The second-order valence-electron chi connectivity index (χ2n) is 3.19. The molecule has 0 amide bonds. The Labute approximate surface area is 81.1 Å². The van der Waals surface area contributed by atoms with Crippen molar-refractivity contribution in [3.05, 3.63) is 22.3 Å². The van der Waals surface area contributed by atoms with Crippen LogP contribution in [0.5, 0.6) is 0 Å². The molecule has 66 valence electrons. The lowest BCUT2D eigenvalue weighted by molar-refractivity contribution is 1.09. The summed E-state index contributed by atoms with van der Waals surface area (Å²) in [6.45, 7) is 0. The third-order valence-electron chi connectivity index (χ3n) is 2.17. The first-order chi connectivity index (χ1) is 6.22. The minimum absolute atomic E-state index is 0.219. The Kier molecular flexibility index (Phi) is 1.86. The Balaban J connectivity index is 2.52. The Hall–Kier alpha value is -1.27. The average molecular weight is 194 g/mol. The fourth-order valence-corrected chi connectivity index (χ4v) is 1.59. The van der Waals surface area contributed by atoms with Crippen LogP contribution in [0.4, 0.5) is 5.82 Å². The SMILES string of the molecule is N#Cc1cc(C2CC2)c(Cl)nc1N. The van der Waals surface area contributed by atoms with Gasteiger partial charge in [-0.2, -0.15) is 5.26 Å². The molecule has 0 bridgehead atoms. The average Bonchev–Trinajstić information content (AvgIpc) is 2.88. The lowest BCUT2D eigenvalue weighted by atomic mass is 10.1. The van der Waals surface area contributed by atoms with E-state index < -0.39 is 0 Å². The molecule has 0 aliphatic heterocycles. The van der Waals surface area contributed by atoms with Gasteiger partial charge < -0.3 is 5.73 Å². The number of pyridine rings is 1. The van der Waals surface area contributed by atoms with E-state index in [1.807, 2.05) is 6.07 Å². The summed E-state index contributed by atoms with van der Waals surface area (Å²) in [5.74, 6) is 0.713. The van der Waals surface area contributed by atoms with Crippen LogP contribution in [0.1, 0.15) is 29.9 Å². The van der Waals surface area contributed by atoms with Gasteiger partial charge in [-0.3, -0.25) is 0 Å². The summed E-state index contributed by atoms with van der Waals surface area (Å²) in [7, 11) is 0. The van der Waals surface area contributed by atoms with Crippen LogP contribution in [0.15, 0.2) is 6.07 Å². The number of aromatic nitrogens is 1. The third-order valence-corrected chi connectivity index (χ3v) is 2.47. The van der Waals surface area contributed by atoms with Crippen molar-refractivity contribution >= 4 is 17.4 Å². The van der Waals surface area contributed by atoms with E-state index in [1.165, 1.54) is 0 Å². The van der Waals surface area contributed by atoms with Gasteiger partial charge in [-0.05, 0) is 30.4 Å².